The number of amides is 1. The number of hydrogen-bond acceptors (Lipinski definition) is 5. The molecule has 0 radical (unpaired) electrons. The molecule has 0 saturated carbocycles. The van der Waals surface area contributed by atoms with E-state index in [-0.39, 0.29) is 24.3 Å². The first kappa shape index (κ1) is 24.0. The van der Waals surface area contributed by atoms with Crippen molar-refractivity contribution < 1.29 is 27.9 Å². The Morgan fingerprint density at radius 3 is 2.29 bits per heavy atom. The van der Waals surface area contributed by atoms with Gasteiger partial charge in [-0.1, -0.05) is 12.1 Å². The Balaban J connectivity index is 1.95. The predicted octanol–water partition coefficient (Wildman–Crippen LogP) is 3.65. The van der Waals surface area contributed by atoms with E-state index in [1.165, 1.54) is 6.92 Å². The normalized spacial score (nSPS) is 12.1. The number of hydrogen-bond donors (Lipinski definition) is 2. The Hall–Kier alpha value is -3.29. The van der Waals surface area contributed by atoms with Gasteiger partial charge in [-0.3, -0.25) is 14.4 Å². The molecule has 0 bridgehead atoms. The summed E-state index contributed by atoms with van der Waals surface area (Å²) in [6, 6.07) is 8.49. The molecule has 0 spiro atoms. The topological polar surface area (TPSA) is 84.5 Å². The minimum atomic E-state index is -0.855. The number of anilines is 1. The molecule has 2 rings (SSSR count). The highest BCUT2D eigenvalue weighted by atomic mass is 19.1. The van der Waals surface area contributed by atoms with Crippen LogP contribution in [0.1, 0.15) is 43.6 Å². The Kier molecular flexibility index (Phi) is 7.85. The lowest BCUT2D eigenvalue weighted by Gasteiger charge is -2.20. The summed E-state index contributed by atoms with van der Waals surface area (Å²) >= 11 is 0. The number of benzene rings is 2. The van der Waals surface area contributed by atoms with Gasteiger partial charge in [0.05, 0.1) is 12.5 Å². The number of Topliss-reactive ketones (excluding diaryl/α,β-unsaturated/α-hetero) is 1. The summed E-state index contributed by atoms with van der Waals surface area (Å²) < 4.78 is 31.7. The zero-order valence-corrected chi connectivity index (χ0v) is 17.9. The minimum absolute atomic E-state index is 0.0641. The van der Waals surface area contributed by atoms with E-state index in [0.717, 1.165) is 18.2 Å². The van der Waals surface area contributed by atoms with E-state index in [0.29, 0.717) is 11.3 Å². The van der Waals surface area contributed by atoms with E-state index in [9.17, 15) is 23.2 Å². The van der Waals surface area contributed by atoms with Gasteiger partial charge in [-0.25, -0.2) is 8.78 Å². The maximum Gasteiger partial charge on any atom is 0.325 e. The lowest BCUT2D eigenvalue weighted by atomic mass is 10.0. The van der Waals surface area contributed by atoms with Crippen molar-refractivity contribution >= 4 is 23.3 Å². The minimum Gasteiger partial charge on any atom is -0.459 e. The second-order valence-corrected chi connectivity index (χ2v) is 8.13. The largest absolute Gasteiger partial charge is 0.459 e. The summed E-state index contributed by atoms with van der Waals surface area (Å²) in [6.45, 7) is 6.76. The quantitative estimate of drug-likeness (QED) is 0.491. The molecule has 0 unspecified atom stereocenters. The van der Waals surface area contributed by atoms with Gasteiger partial charge in [0.1, 0.15) is 23.8 Å². The summed E-state index contributed by atoms with van der Waals surface area (Å²) in [5.74, 6) is -2.87. The SMILES string of the molecule is C[C@H](NC(=O)Cc1cc(F)cc(F)c1)C(=O)c1cccc(NCC(=O)OC(C)(C)C)c1. The summed E-state index contributed by atoms with van der Waals surface area (Å²) in [7, 11) is 0. The maximum absolute atomic E-state index is 13.3. The third-order valence-electron chi connectivity index (χ3n) is 4.06. The van der Waals surface area contributed by atoms with Crippen molar-refractivity contribution in [3.63, 3.8) is 0 Å². The lowest BCUT2D eigenvalue weighted by Crippen LogP contribution is -2.39. The highest BCUT2D eigenvalue weighted by Gasteiger charge is 2.19. The third kappa shape index (κ3) is 8.16. The predicted molar refractivity (Wildman–Crippen MR) is 113 cm³/mol. The van der Waals surface area contributed by atoms with Crippen LogP contribution < -0.4 is 10.6 Å². The number of carbonyl (C=O) groups excluding carboxylic acids is 3. The molecule has 2 N–H and O–H groups in total. The molecule has 0 saturated heterocycles. The van der Waals surface area contributed by atoms with Gasteiger partial charge in [0.15, 0.2) is 5.78 Å². The fourth-order valence-electron chi connectivity index (χ4n) is 2.84. The molecule has 0 aliphatic carbocycles. The average Bonchev–Trinajstić information content (AvgIpc) is 2.63. The van der Waals surface area contributed by atoms with Gasteiger partial charge in [0, 0.05) is 17.3 Å². The van der Waals surface area contributed by atoms with Crippen molar-refractivity contribution in [2.24, 2.45) is 0 Å². The molecule has 31 heavy (non-hydrogen) atoms. The van der Waals surface area contributed by atoms with Crippen LogP contribution >= 0.6 is 0 Å². The van der Waals surface area contributed by atoms with E-state index in [1.54, 1.807) is 45.0 Å². The zero-order valence-electron chi connectivity index (χ0n) is 17.9. The summed E-state index contributed by atoms with van der Waals surface area (Å²) in [6.07, 6.45) is -0.260. The van der Waals surface area contributed by atoms with E-state index in [2.05, 4.69) is 10.6 Å². The van der Waals surface area contributed by atoms with E-state index < -0.39 is 35.2 Å². The molecule has 0 heterocycles. The van der Waals surface area contributed by atoms with Gasteiger partial charge in [0.25, 0.3) is 0 Å². The number of esters is 1. The molecular weight excluding hydrogens is 406 g/mol. The smallest absolute Gasteiger partial charge is 0.325 e. The van der Waals surface area contributed by atoms with E-state index in [4.69, 9.17) is 4.74 Å². The number of ether oxygens (including phenoxy) is 1. The molecule has 1 atom stereocenters. The number of halogens is 2. The highest BCUT2D eigenvalue weighted by Crippen LogP contribution is 2.14. The van der Waals surface area contributed by atoms with E-state index >= 15 is 0 Å². The van der Waals surface area contributed by atoms with Crippen LogP contribution in [0.4, 0.5) is 14.5 Å². The number of nitrogens with one attached hydrogen (secondary N) is 2. The van der Waals surface area contributed by atoms with Crippen LogP contribution in [0.2, 0.25) is 0 Å². The van der Waals surface area contributed by atoms with Crippen molar-refractivity contribution in [2.45, 2.75) is 45.8 Å². The Morgan fingerprint density at radius 2 is 1.68 bits per heavy atom. The second kappa shape index (κ2) is 10.1. The van der Waals surface area contributed by atoms with Gasteiger partial charge in [0.2, 0.25) is 5.91 Å². The average molecular weight is 432 g/mol. The Morgan fingerprint density at radius 1 is 1.03 bits per heavy atom. The highest BCUT2D eigenvalue weighted by molar-refractivity contribution is 6.02. The lowest BCUT2D eigenvalue weighted by molar-refractivity contribution is -0.152. The maximum atomic E-state index is 13.3. The summed E-state index contributed by atoms with van der Waals surface area (Å²) in [5, 5.41) is 5.43. The molecular formula is C23H26F2N2O4. The first-order chi connectivity index (χ1) is 14.4. The third-order valence-corrected chi connectivity index (χ3v) is 4.06. The van der Waals surface area contributed by atoms with Crippen LogP contribution in [-0.4, -0.2) is 35.8 Å². The van der Waals surface area contributed by atoms with Crippen LogP contribution in [0.3, 0.4) is 0 Å². The van der Waals surface area contributed by atoms with Gasteiger partial charge in [-0.05, 0) is 57.5 Å². The van der Waals surface area contributed by atoms with Gasteiger partial charge < -0.3 is 15.4 Å². The fourth-order valence-corrected chi connectivity index (χ4v) is 2.84. The van der Waals surface area contributed by atoms with Crippen molar-refractivity contribution in [3.8, 4) is 0 Å². The monoisotopic (exact) mass is 432 g/mol. The molecule has 2 aromatic carbocycles. The van der Waals surface area contributed by atoms with Crippen molar-refractivity contribution in [3.05, 3.63) is 65.2 Å². The first-order valence-electron chi connectivity index (χ1n) is 9.77. The molecule has 6 nitrogen and oxygen atoms in total. The molecule has 0 aliphatic rings. The van der Waals surface area contributed by atoms with Crippen LogP contribution in [0, 0.1) is 11.6 Å². The number of ketones is 1. The van der Waals surface area contributed by atoms with Gasteiger partial charge in [-0.15, -0.1) is 0 Å². The molecule has 0 fully saturated rings. The zero-order chi connectivity index (χ0) is 23.2. The van der Waals surface area contributed by atoms with Crippen molar-refractivity contribution in [1.29, 1.82) is 0 Å². The molecule has 0 aromatic heterocycles. The Labute approximate surface area is 180 Å². The summed E-state index contributed by atoms with van der Waals surface area (Å²) in [4.78, 5) is 36.7. The van der Waals surface area contributed by atoms with Crippen LogP contribution in [-0.2, 0) is 20.7 Å². The van der Waals surface area contributed by atoms with Crippen molar-refractivity contribution in [2.75, 3.05) is 11.9 Å². The van der Waals surface area contributed by atoms with Crippen molar-refractivity contribution in [1.82, 2.24) is 5.32 Å². The van der Waals surface area contributed by atoms with Crippen LogP contribution in [0.15, 0.2) is 42.5 Å². The van der Waals surface area contributed by atoms with E-state index in [1.807, 2.05) is 0 Å². The van der Waals surface area contributed by atoms with Gasteiger partial charge in [-0.2, -0.15) is 0 Å². The molecule has 166 valence electrons. The molecule has 1 amide bonds. The van der Waals surface area contributed by atoms with Crippen LogP contribution in [0.5, 0.6) is 0 Å². The summed E-state index contributed by atoms with van der Waals surface area (Å²) in [5.41, 5.74) is 0.453. The number of carbonyl (C=O) groups is 3. The van der Waals surface area contributed by atoms with Gasteiger partial charge >= 0.3 is 5.97 Å². The standard InChI is InChI=1S/C23H26F2N2O4/c1-14(27-20(28)10-15-8-17(24)12-18(25)9-15)22(30)16-6-5-7-19(11-16)26-13-21(29)31-23(2,3)4/h5-9,11-12,14,26H,10,13H2,1-4H3,(H,27,28)/t14-/m0/s1. The molecule has 2 aromatic rings. The Bertz CT molecular complexity index is 950. The number of rotatable bonds is 8. The fraction of sp³-hybridized carbons (Fsp3) is 0.348. The second-order valence-electron chi connectivity index (χ2n) is 8.13. The first-order valence-corrected chi connectivity index (χ1v) is 9.77. The van der Waals surface area contributed by atoms with Crippen LogP contribution in [0.25, 0.3) is 0 Å². The molecule has 0 aliphatic heterocycles. The molecule has 8 heteroatoms.